The van der Waals surface area contributed by atoms with Crippen molar-refractivity contribution in [2.75, 3.05) is 13.1 Å². The summed E-state index contributed by atoms with van der Waals surface area (Å²) in [6.45, 7) is 3.42. The van der Waals surface area contributed by atoms with Crippen molar-refractivity contribution in [2.24, 2.45) is 0 Å². The van der Waals surface area contributed by atoms with E-state index in [0.717, 1.165) is 24.8 Å². The number of nitrogens with zero attached hydrogens (tertiary/aromatic N) is 1. The molecule has 0 spiro atoms. The van der Waals surface area contributed by atoms with Crippen molar-refractivity contribution in [2.45, 2.75) is 45.1 Å². The second-order valence-electron chi connectivity index (χ2n) is 5.78. The van der Waals surface area contributed by atoms with Crippen LogP contribution in [-0.4, -0.2) is 35.8 Å². The second-order valence-corrected chi connectivity index (χ2v) is 6.21. The molecule has 2 rings (SSSR count). The number of hydrogen-bond donors (Lipinski definition) is 1. The van der Waals surface area contributed by atoms with Crippen LogP contribution in [0.3, 0.4) is 0 Å². The molecule has 1 aromatic carbocycles. The molecule has 0 saturated carbocycles. The summed E-state index contributed by atoms with van der Waals surface area (Å²) in [4.78, 5) is 25.8. The van der Waals surface area contributed by atoms with Gasteiger partial charge < -0.3 is 10.2 Å². The molecular weight excluding hydrogens is 300 g/mol. The summed E-state index contributed by atoms with van der Waals surface area (Å²) in [5, 5.41) is 3.72. The molecule has 1 aromatic rings. The fourth-order valence-electron chi connectivity index (χ4n) is 2.69. The summed E-state index contributed by atoms with van der Waals surface area (Å²) < 4.78 is 0. The number of carbonyl (C=O) groups excluding carboxylic acids is 2. The Labute approximate surface area is 136 Å². The lowest BCUT2D eigenvalue weighted by atomic mass is 10.0. The van der Waals surface area contributed by atoms with Gasteiger partial charge in [0.05, 0.1) is 6.42 Å². The maximum absolute atomic E-state index is 12.3. The fraction of sp³-hybridized carbons (Fsp3) is 0.529. The SMILES string of the molecule is CCCC(=O)NC1CCN(C(=O)Cc2ccc(Cl)cc2)CC1. The Morgan fingerprint density at radius 3 is 2.45 bits per heavy atom. The molecule has 0 radical (unpaired) electrons. The first kappa shape index (κ1) is 16.8. The molecule has 120 valence electrons. The Kier molecular flexibility index (Phi) is 6.25. The van der Waals surface area contributed by atoms with E-state index in [2.05, 4.69) is 5.32 Å². The molecule has 1 fully saturated rings. The van der Waals surface area contributed by atoms with Crippen LogP contribution in [0.4, 0.5) is 0 Å². The van der Waals surface area contributed by atoms with Crippen molar-refractivity contribution < 1.29 is 9.59 Å². The molecule has 1 aliphatic rings. The van der Waals surface area contributed by atoms with Crippen molar-refractivity contribution in [1.29, 1.82) is 0 Å². The Morgan fingerprint density at radius 1 is 1.23 bits per heavy atom. The number of likely N-dealkylation sites (tertiary alicyclic amines) is 1. The van der Waals surface area contributed by atoms with E-state index in [9.17, 15) is 9.59 Å². The summed E-state index contributed by atoms with van der Waals surface area (Å²) in [5.41, 5.74) is 0.979. The van der Waals surface area contributed by atoms with Gasteiger partial charge in [0.15, 0.2) is 0 Å². The van der Waals surface area contributed by atoms with Gasteiger partial charge in [-0.3, -0.25) is 9.59 Å². The Balaban J connectivity index is 1.77. The van der Waals surface area contributed by atoms with E-state index in [1.807, 2.05) is 24.0 Å². The monoisotopic (exact) mass is 322 g/mol. The first-order valence-corrected chi connectivity index (χ1v) is 8.28. The third-order valence-electron chi connectivity index (χ3n) is 3.96. The zero-order valence-electron chi connectivity index (χ0n) is 13.0. The molecule has 1 aliphatic heterocycles. The Hall–Kier alpha value is -1.55. The fourth-order valence-corrected chi connectivity index (χ4v) is 2.81. The minimum absolute atomic E-state index is 0.119. The van der Waals surface area contributed by atoms with Gasteiger partial charge in [0, 0.05) is 30.6 Å². The van der Waals surface area contributed by atoms with Gasteiger partial charge in [0.25, 0.3) is 0 Å². The van der Waals surface area contributed by atoms with Crippen LogP contribution < -0.4 is 5.32 Å². The van der Waals surface area contributed by atoms with Gasteiger partial charge in [0.1, 0.15) is 0 Å². The number of amides is 2. The first-order chi connectivity index (χ1) is 10.6. The van der Waals surface area contributed by atoms with Gasteiger partial charge >= 0.3 is 0 Å². The van der Waals surface area contributed by atoms with Gasteiger partial charge in [-0.2, -0.15) is 0 Å². The lowest BCUT2D eigenvalue weighted by Crippen LogP contribution is -2.46. The Bertz CT molecular complexity index is 508. The van der Waals surface area contributed by atoms with E-state index in [1.54, 1.807) is 12.1 Å². The third kappa shape index (κ3) is 5.02. The van der Waals surface area contributed by atoms with Gasteiger partial charge in [-0.1, -0.05) is 30.7 Å². The van der Waals surface area contributed by atoms with Crippen LogP contribution in [-0.2, 0) is 16.0 Å². The van der Waals surface area contributed by atoms with Crippen LogP contribution in [0.5, 0.6) is 0 Å². The molecule has 1 N–H and O–H groups in total. The molecule has 5 heteroatoms. The third-order valence-corrected chi connectivity index (χ3v) is 4.21. The minimum Gasteiger partial charge on any atom is -0.353 e. The van der Waals surface area contributed by atoms with E-state index in [1.165, 1.54) is 0 Å². The van der Waals surface area contributed by atoms with Crippen molar-refractivity contribution in [1.82, 2.24) is 10.2 Å². The van der Waals surface area contributed by atoms with Gasteiger partial charge in [0.2, 0.25) is 11.8 Å². The number of halogens is 1. The molecule has 0 bridgehead atoms. The van der Waals surface area contributed by atoms with E-state index in [0.29, 0.717) is 31.0 Å². The minimum atomic E-state index is 0.119. The van der Waals surface area contributed by atoms with E-state index >= 15 is 0 Å². The van der Waals surface area contributed by atoms with Crippen molar-refractivity contribution in [3.8, 4) is 0 Å². The molecule has 0 aromatic heterocycles. The highest BCUT2D eigenvalue weighted by Gasteiger charge is 2.23. The predicted molar refractivity (Wildman–Crippen MR) is 87.8 cm³/mol. The van der Waals surface area contributed by atoms with Crippen LogP contribution >= 0.6 is 11.6 Å². The molecule has 0 atom stereocenters. The summed E-state index contributed by atoms with van der Waals surface area (Å²) in [7, 11) is 0. The highest BCUT2D eigenvalue weighted by molar-refractivity contribution is 6.30. The summed E-state index contributed by atoms with van der Waals surface area (Å²) in [6.07, 6.45) is 3.52. The second kappa shape index (κ2) is 8.18. The average molecular weight is 323 g/mol. The standard InChI is InChI=1S/C17H23ClN2O2/c1-2-3-16(21)19-15-8-10-20(11-9-15)17(22)12-13-4-6-14(18)7-5-13/h4-7,15H,2-3,8-12H2,1H3,(H,19,21). The van der Waals surface area contributed by atoms with Crippen LogP contribution in [0.2, 0.25) is 5.02 Å². The normalized spacial score (nSPS) is 15.6. The Morgan fingerprint density at radius 2 is 1.86 bits per heavy atom. The summed E-state index contributed by atoms with van der Waals surface area (Å²) in [5.74, 6) is 0.258. The molecule has 0 unspecified atom stereocenters. The van der Waals surface area contributed by atoms with E-state index in [-0.39, 0.29) is 17.9 Å². The van der Waals surface area contributed by atoms with Crippen molar-refractivity contribution in [3.63, 3.8) is 0 Å². The van der Waals surface area contributed by atoms with Crippen LogP contribution in [0.25, 0.3) is 0 Å². The van der Waals surface area contributed by atoms with E-state index in [4.69, 9.17) is 11.6 Å². The molecule has 1 heterocycles. The lowest BCUT2D eigenvalue weighted by Gasteiger charge is -2.32. The number of nitrogens with one attached hydrogen (secondary N) is 1. The predicted octanol–water partition coefficient (Wildman–Crippen LogP) is 2.79. The zero-order valence-corrected chi connectivity index (χ0v) is 13.7. The number of benzene rings is 1. The quantitative estimate of drug-likeness (QED) is 0.906. The highest BCUT2D eigenvalue weighted by Crippen LogP contribution is 2.14. The summed E-state index contributed by atoms with van der Waals surface area (Å²) >= 11 is 5.85. The molecule has 22 heavy (non-hydrogen) atoms. The van der Waals surface area contributed by atoms with Crippen LogP contribution in [0, 0.1) is 0 Å². The number of rotatable bonds is 5. The van der Waals surface area contributed by atoms with Crippen molar-refractivity contribution >= 4 is 23.4 Å². The van der Waals surface area contributed by atoms with E-state index < -0.39 is 0 Å². The van der Waals surface area contributed by atoms with Gasteiger partial charge in [-0.25, -0.2) is 0 Å². The molecule has 4 nitrogen and oxygen atoms in total. The average Bonchev–Trinajstić information content (AvgIpc) is 2.50. The van der Waals surface area contributed by atoms with Crippen LogP contribution in [0.15, 0.2) is 24.3 Å². The number of hydrogen-bond acceptors (Lipinski definition) is 2. The highest BCUT2D eigenvalue weighted by atomic mass is 35.5. The molecule has 0 aliphatic carbocycles. The topological polar surface area (TPSA) is 49.4 Å². The van der Waals surface area contributed by atoms with Gasteiger partial charge in [-0.15, -0.1) is 0 Å². The number of carbonyl (C=O) groups is 2. The van der Waals surface area contributed by atoms with Crippen LogP contribution in [0.1, 0.15) is 38.2 Å². The maximum Gasteiger partial charge on any atom is 0.226 e. The summed E-state index contributed by atoms with van der Waals surface area (Å²) in [6, 6.07) is 7.59. The lowest BCUT2D eigenvalue weighted by molar-refractivity contribution is -0.131. The smallest absolute Gasteiger partial charge is 0.226 e. The first-order valence-electron chi connectivity index (χ1n) is 7.90. The molecule has 1 saturated heterocycles. The largest absolute Gasteiger partial charge is 0.353 e. The zero-order chi connectivity index (χ0) is 15.9. The molecular formula is C17H23ClN2O2. The van der Waals surface area contributed by atoms with Crippen molar-refractivity contribution in [3.05, 3.63) is 34.9 Å². The molecule has 2 amide bonds. The number of piperidine rings is 1. The van der Waals surface area contributed by atoms with Gasteiger partial charge in [-0.05, 0) is 37.0 Å². The maximum atomic E-state index is 12.3.